The zero-order valence-corrected chi connectivity index (χ0v) is 12.9. The maximum atomic E-state index is 13.6. The zero-order chi connectivity index (χ0) is 16.2. The molecule has 23 heavy (non-hydrogen) atoms. The summed E-state index contributed by atoms with van der Waals surface area (Å²) in [6, 6.07) is 20.3. The smallest absolute Gasteiger partial charge is 0.225 e. The fourth-order valence-corrected chi connectivity index (χ4v) is 2.81. The summed E-state index contributed by atoms with van der Waals surface area (Å²) in [4.78, 5) is 12.2. The van der Waals surface area contributed by atoms with Crippen LogP contribution in [-0.2, 0) is 11.2 Å². The standard InChI is InChI=1S/C20H18FNO/c1-14(17-11-6-9-15-7-2-4-10-18(15)17)22-20(23)13-16-8-3-5-12-19(16)21/h2-12,14H,13H2,1H3,(H,22,23). The van der Waals surface area contributed by atoms with Gasteiger partial charge >= 0.3 is 0 Å². The molecule has 0 bridgehead atoms. The van der Waals surface area contributed by atoms with E-state index >= 15 is 0 Å². The van der Waals surface area contributed by atoms with Crippen molar-refractivity contribution >= 4 is 16.7 Å². The summed E-state index contributed by atoms with van der Waals surface area (Å²) in [7, 11) is 0. The number of carbonyl (C=O) groups is 1. The summed E-state index contributed by atoms with van der Waals surface area (Å²) >= 11 is 0. The number of hydrogen-bond donors (Lipinski definition) is 1. The van der Waals surface area contributed by atoms with Crippen LogP contribution in [0.15, 0.2) is 66.7 Å². The number of amides is 1. The second-order valence-corrected chi connectivity index (χ2v) is 5.63. The molecule has 0 heterocycles. The van der Waals surface area contributed by atoms with E-state index in [2.05, 4.69) is 5.32 Å². The van der Waals surface area contributed by atoms with Crippen LogP contribution in [0.2, 0.25) is 0 Å². The molecule has 0 aliphatic heterocycles. The van der Waals surface area contributed by atoms with Crippen molar-refractivity contribution in [3.8, 4) is 0 Å². The molecule has 1 amide bonds. The van der Waals surface area contributed by atoms with Gasteiger partial charge in [-0.25, -0.2) is 4.39 Å². The maximum Gasteiger partial charge on any atom is 0.225 e. The molecule has 0 radical (unpaired) electrons. The molecular formula is C20H18FNO. The van der Waals surface area contributed by atoms with Crippen LogP contribution in [0, 0.1) is 5.82 Å². The Balaban J connectivity index is 1.77. The highest BCUT2D eigenvalue weighted by Crippen LogP contribution is 2.24. The largest absolute Gasteiger partial charge is 0.349 e. The van der Waals surface area contributed by atoms with Gasteiger partial charge in [-0.15, -0.1) is 0 Å². The van der Waals surface area contributed by atoms with Crippen LogP contribution in [0.3, 0.4) is 0 Å². The van der Waals surface area contributed by atoms with Crippen molar-refractivity contribution in [3.63, 3.8) is 0 Å². The number of halogens is 1. The van der Waals surface area contributed by atoms with Crippen molar-refractivity contribution in [2.24, 2.45) is 0 Å². The summed E-state index contributed by atoms with van der Waals surface area (Å²) < 4.78 is 13.6. The second kappa shape index (κ2) is 6.61. The number of fused-ring (bicyclic) bond motifs is 1. The van der Waals surface area contributed by atoms with E-state index in [1.54, 1.807) is 18.2 Å². The number of nitrogens with one attached hydrogen (secondary N) is 1. The summed E-state index contributed by atoms with van der Waals surface area (Å²) in [5.41, 5.74) is 1.47. The lowest BCUT2D eigenvalue weighted by molar-refractivity contribution is -0.121. The fourth-order valence-electron chi connectivity index (χ4n) is 2.81. The lowest BCUT2D eigenvalue weighted by Gasteiger charge is -2.17. The van der Waals surface area contributed by atoms with Gasteiger partial charge in [-0.1, -0.05) is 60.7 Å². The molecule has 2 nitrogen and oxygen atoms in total. The Morgan fingerprint density at radius 3 is 2.52 bits per heavy atom. The Hall–Kier alpha value is -2.68. The summed E-state index contributed by atoms with van der Waals surface area (Å²) in [5, 5.41) is 5.22. The minimum atomic E-state index is -0.347. The number of rotatable bonds is 4. The molecule has 0 aromatic heterocycles. The highest BCUT2D eigenvalue weighted by atomic mass is 19.1. The molecule has 3 aromatic rings. The van der Waals surface area contributed by atoms with E-state index in [0.29, 0.717) is 5.56 Å². The first-order chi connectivity index (χ1) is 11.1. The molecule has 1 unspecified atom stereocenters. The summed E-state index contributed by atoms with van der Waals surface area (Å²) in [6.45, 7) is 1.95. The van der Waals surface area contributed by atoms with Crippen molar-refractivity contribution in [2.45, 2.75) is 19.4 Å². The topological polar surface area (TPSA) is 29.1 Å². The second-order valence-electron chi connectivity index (χ2n) is 5.63. The molecule has 3 aromatic carbocycles. The molecule has 0 spiro atoms. The van der Waals surface area contributed by atoms with E-state index in [1.807, 2.05) is 49.4 Å². The van der Waals surface area contributed by atoms with Crippen molar-refractivity contribution in [1.82, 2.24) is 5.32 Å². The molecule has 116 valence electrons. The Kier molecular flexibility index (Phi) is 4.38. The predicted octanol–water partition coefficient (Wildman–Crippen LogP) is 4.40. The molecule has 0 aliphatic carbocycles. The van der Waals surface area contributed by atoms with E-state index < -0.39 is 0 Å². The van der Waals surface area contributed by atoms with Gasteiger partial charge in [0.25, 0.3) is 0 Å². The van der Waals surface area contributed by atoms with Crippen LogP contribution in [0.5, 0.6) is 0 Å². The van der Waals surface area contributed by atoms with Gasteiger partial charge in [-0.2, -0.15) is 0 Å². The normalized spacial score (nSPS) is 12.1. The molecule has 0 fully saturated rings. The van der Waals surface area contributed by atoms with Gasteiger partial charge in [0.2, 0.25) is 5.91 Å². The monoisotopic (exact) mass is 307 g/mol. The number of carbonyl (C=O) groups excluding carboxylic acids is 1. The van der Waals surface area contributed by atoms with Crippen molar-refractivity contribution < 1.29 is 9.18 Å². The summed E-state index contributed by atoms with van der Waals surface area (Å²) in [5.74, 6) is -0.531. The fraction of sp³-hybridized carbons (Fsp3) is 0.150. The van der Waals surface area contributed by atoms with Crippen molar-refractivity contribution in [2.75, 3.05) is 0 Å². The van der Waals surface area contributed by atoms with E-state index in [0.717, 1.165) is 16.3 Å². The van der Waals surface area contributed by atoms with Crippen LogP contribution in [0.25, 0.3) is 10.8 Å². The Bertz CT molecular complexity index is 838. The average Bonchev–Trinajstić information content (AvgIpc) is 2.56. The summed E-state index contributed by atoms with van der Waals surface area (Å²) in [6.07, 6.45) is 0.0434. The number of benzene rings is 3. The first-order valence-corrected chi connectivity index (χ1v) is 7.65. The molecular weight excluding hydrogens is 289 g/mol. The lowest BCUT2D eigenvalue weighted by atomic mass is 9.99. The van der Waals surface area contributed by atoms with Gasteiger partial charge in [0.05, 0.1) is 12.5 Å². The van der Waals surface area contributed by atoms with Gasteiger partial charge < -0.3 is 5.32 Å². The van der Waals surface area contributed by atoms with E-state index in [9.17, 15) is 9.18 Å². The Labute approximate surface area is 135 Å². The molecule has 1 atom stereocenters. The van der Waals surface area contributed by atoms with E-state index in [-0.39, 0.29) is 24.2 Å². The molecule has 3 rings (SSSR count). The average molecular weight is 307 g/mol. The predicted molar refractivity (Wildman–Crippen MR) is 90.6 cm³/mol. The quantitative estimate of drug-likeness (QED) is 0.760. The molecule has 3 heteroatoms. The van der Waals surface area contributed by atoms with Crippen LogP contribution in [0.1, 0.15) is 24.1 Å². The van der Waals surface area contributed by atoms with Gasteiger partial charge in [0, 0.05) is 0 Å². The van der Waals surface area contributed by atoms with Crippen molar-refractivity contribution in [3.05, 3.63) is 83.7 Å². The van der Waals surface area contributed by atoms with Gasteiger partial charge in [-0.05, 0) is 34.9 Å². The SMILES string of the molecule is CC(NC(=O)Cc1ccccc1F)c1cccc2ccccc12. The molecule has 0 saturated carbocycles. The number of hydrogen-bond acceptors (Lipinski definition) is 1. The van der Waals surface area contributed by atoms with Crippen LogP contribution < -0.4 is 5.32 Å². The molecule has 0 aliphatic rings. The van der Waals surface area contributed by atoms with E-state index in [4.69, 9.17) is 0 Å². The Morgan fingerprint density at radius 2 is 1.70 bits per heavy atom. The minimum absolute atomic E-state index is 0.0434. The van der Waals surface area contributed by atoms with Crippen LogP contribution in [0.4, 0.5) is 4.39 Å². The van der Waals surface area contributed by atoms with Crippen molar-refractivity contribution in [1.29, 1.82) is 0 Å². The van der Waals surface area contributed by atoms with Gasteiger partial charge in [0.15, 0.2) is 0 Å². The van der Waals surface area contributed by atoms with Gasteiger partial charge in [0.1, 0.15) is 5.82 Å². The van der Waals surface area contributed by atoms with Crippen LogP contribution in [-0.4, -0.2) is 5.91 Å². The van der Waals surface area contributed by atoms with E-state index in [1.165, 1.54) is 6.07 Å². The third kappa shape index (κ3) is 3.39. The van der Waals surface area contributed by atoms with Crippen LogP contribution >= 0.6 is 0 Å². The minimum Gasteiger partial charge on any atom is -0.349 e. The maximum absolute atomic E-state index is 13.6. The zero-order valence-electron chi connectivity index (χ0n) is 12.9. The third-order valence-corrected chi connectivity index (χ3v) is 3.98. The Morgan fingerprint density at radius 1 is 1.00 bits per heavy atom. The third-order valence-electron chi connectivity index (χ3n) is 3.98. The molecule has 1 N–H and O–H groups in total. The van der Waals surface area contributed by atoms with Gasteiger partial charge in [-0.3, -0.25) is 4.79 Å². The molecule has 0 saturated heterocycles. The lowest BCUT2D eigenvalue weighted by Crippen LogP contribution is -2.28. The highest BCUT2D eigenvalue weighted by Gasteiger charge is 2.13. The highest BCUT2D eigenvalue weighted by molar-refractivity contribution is 5.87. The first kappa shape index (κ1) is 15.2. The first-order valence-electron chi connectivity index (χ1n) is 7.65.